The Hall–Kier alpha value is -0.120. The van der Waals surface area contributed by atoms with E-state index >= 15 is 0 Å². The van der Waals surface area contributed by atoms with E-state index in [2.05, 4.69) is 4.84 Å². The highest BCUT2D eigenvalue weighted by Crippen LogP contribution is 1.98. The van der Waals surface area contributed by atoms with Crippen molar-refractivity contribution in [1.29, 1.82) is 0 Å². The van der Waals surface area contributed by atoms with E-state index in [0.29, 0.717) is 6.61 Å². The minimum atomic E-state index is 0.160. The number of aliphatic hydroxyl groups is 1. The van der Waals surface area contributed by atoms with E-state index in [4.69, 9.17) is 11.0 Å². The fraction of sp³-hybridized carbons (Fsp3) is 1.00. The molecule has 0 aliphatic heterocycles. The molecular formula is C5H13NO2. The van der Waals surface area contributed by atoms with Crippen LogP contribution >= 0.6 is 0 Å². The van der Waals surface area contributed by atoms with E-state index in [-0.39, 0.29) is 12.5 Å². The minimum Gasteiger partial charge on any atom is -0.396 e. The Morgan fingerprint density at radius 3 is 2.50 bits per heavy atom. The van der Waals surface area contributed by atoms with Crippen LogP contribution in [0.3, 0.4) is 0 Å². The number of nitrogens with two attached hydrogens (primary N) is 1. The highest BCUT2D eigenvalue weighted by molar-refractivity contribution is 4.50. The van der Waals surface area contributed by atoms with Gasteiger partial charge in [-0.3, -0.25) is 0 Å². The Bertz CT molecular complexity index is 45.7. The largest absolute Gasteiger partial charge is 0.396 e. The molecule has 1 atom stereocenters. The normalized spacial score (nSPS) is 13.9. The summed E-state index contributed by atoms with van der Waals surface area (Å²) in [5, 5.41) is 8.52. The molecule has 0 aromatic rings. The molecule has 3 N–H and O–H groups in total. The maximum absolute atomic E-state index is 8.52. The van der Waals surface area contributed by atoms with E-state index < -0.39 is 0 Å². The zero-order chi connectivity index (χ0) is 6.41. The van der Waals surface area contributed by atoms with Gasteiger partial charge in [-0.1, -0.05) is 6.92 Å². The first-order valence-electron chi connectivity index (χ1n) is 2.77. The topological polar surface area (TPSA) is 55.5 Å². The van der Waals surface area contributed by atoms with Crippen molar-refractivity contribution in [1.82, 2.24) is 0 Å². The molecule has 0 amide bonds. The van der Waals surface area contributed by atoms with Crippen molar-refractivity contribution >= 4 is 0 Å². The van der Waals surface area contributed by atoms with Crippen LogP contribution in [0.5, 0.6) is 0 Å². The molecule has 0 radical (unpaired) electrons. The summed E-state index contributed by atoms with van der Waals surface area (Å²) in [6, 6.07) is 0. The molecule has 0 bridgehead atoms. The summed E-state index contributed by atoms with van der Waals surface area (Å²) in [5.74, 6) is 4.98. The molecule has 0 heterocycles. The molecule has 8 heavy (non-hydrogen) atoms. The van der Waals surface area contributed by atoms with Crippen molar-refractivity contribution in [2.24, 2.45) is 11.8 Å². The Morgan fingerprint density at radius 2 is 2.38 bits per heavy atom. The number of hydrogen-bond donors (Lipinski definition) is 2. The summed E-state index contributed by atoms with van der Waals surface area (Å²) >= 11 is 0. The average Bonchev–Trinajstić information content (AvgIpc) is 1.83. The molecular weight excluding hydrogens is 106 g/mol. The van der Waals surface area contributed by atoms with Crippen molar-refractivity contribution in [2.45, 2.75) is 13.3 Å². The van der Waals surface area contributed by atoms with Gasteiger partial charge in [0.2, 0.25) is 0 Å². The van der Waals surface area contributed by atoms with E-state index in [1.807, 2.05) is 6.92 Å². The summed E-state index contributed by atoms with van der Waals surface area (Å²) in [6.45, 7) is 2.60. The molecule has 0 fully saturated rings. The lowest BCUT2D eigenvalue weighted by Gasteiger charge is -2.07. The van der Waals surface area contributed by atoms with Gasteiger partial charge in [-0.15, -0.1) is 0 Å². The van der Waals surface area contributed by atoms with Crippen molar-refractivity contribution in [3.8, 4) is 0 Å². The van der Waals surface area contributed by atoms with E-state index in [0.717, 1.165) is 6.42 Å². The van der Waals surface area contributed by atoms with Crippen LogP contribution in [0.25, 0.3) is 0 Å². The van der Waals surface area contributed by atoms with Crippen molar-refractivity contribution in [3.05, 3.63) is 0 Å². The quantitative estimate of drug-likeness (QED) is 0.508. The zero-order valence-corrected chi connectivity index (χ0v) is 5.13. The fourth-order valence-corrected chi connectivity index (χ4v) is 0.436. The smallest absolute Gasteiger partial charge is 0.0729 e. The Morgan fingerprint density at radius 1 is 1.75 bits per heavy atom. The molecule has 0 aromatic carbocycles. The third kappa shape index (κ3) is 2.96. The fourth-order valence-electron chi connectivity index (χ4n) is 0.436. The van der Waals surface area contributed by atoms with Gasteiger partial charge in [-0.25, -0.2) is 5.90 Å². The second-order valence-corrected chi connectivity index (χ2v) is 1.79. The Kier molecular flexibility index (Phi) is 4.95. The highest BCUT2D eigenvalue weighted by Gasteiger charge is 2.01. The first kappa shape index (κ1) is 7.88. The first-order chi connectivity index (χ1) is 3.85. The van der Waals surface area contributed by atoms with Gasteiger partial charge in [0.1, 0.15) is 0 Å². The number of hydrogen-bond acceptors (Lipinski definition) is 3. The summed E-state index contributed by atoms with van der Waals surface area (Å²) in [5.41, 5.74) is 0. The highest BCUT2D eigenvalue weighted by atomic mass is 16.6. The van der Waals surface area contributed by atoms with Crippen LogP contribution in [-0.4, -0.2) is 18.3 Å². The predicted molar refractivity (Wildman–Crippen MR) is 31.0 cm³/mol. The second-order valence-electron chi connectivity index (χ2n) is 1.79. The van der Waals surface area contributed by atoms with Gasteiger partial charge in [0.25, 0.3) is 0 Å². The van der Waals surface area contributed by atoms with Crippen molar-refractivity contribution < 1.29 is 9.94 Å². The van der Waals surface area contributed by atoms with Crippen LogP contribution < -0.4 is 5.90 Å². The molecule has 0 aliphatic carbocycles. The van der Waals surface area contributed by atoms with Crippen molar-refractivity contribution in [3.63, 3.8) is 0 Å². The lowest BCUT2D eigenvalue weighted by atomic mass is 10.1. The monoisotopic (exact) mass is 119 g/mol. The number of rotatable bonds is 4. The van der Waals surface area contributed by atoms with Gasteiger partial charge >= 0.3 is 0 Å². The van der Waals surface area contributed by atoms with Crippen LogP contribution in [-0.2, 0) is 4.84 Å². The lowest BCUT2D eigenvalue weighted by molar-refractivity contribution is 0.0721. The maximum Gasteiger partial charge on any atom is 0.0729 e. The average molecular weight is 119 g/mol. The van der Waals surface area contributed by atoms with Gasteiger partial charge in [-0.2, -0.15) is 0 Å². The molecule has 0 saturated carbocycles. The standard InChI is InChI=1S/C5H13NO2/c1-2-5(3-7)4-8-6/h5,7H,2-4,6H2,1H3. The molecule has 0 spiro atoms. The minimum absolute atomic E-state index is 0.160. The van der Waals surface area contributed by atoms with Crippen LogP contribution in [0, 0.1) is 5.92 Å². The number of aliphatic hydroxyl groups excluding tert-OH is 1. The van der Waals surface area contributed by atoms with Gasteiger partial charge in [0.05, 0.1) is 6.61 Å². The lowest BCUT2D eigenvalue weighted by Crippen LogP contribution is -2.15. The summed E-state index contributed by atoms with van der Waals surface area (Å²) < 4.78 is 0. The zero-order valence-electron chi connectivity index (χ0n) is 5.13. The summed E-state index contributed by atoms with van der Waals surface area (Å²) in [7, 11) is 0. The maximum atomic E-state index is 8.52. The second kappa shape index (κ2) is 5.03. The Balaban J connectivity index is 3.07. The molecule has 3 heteroatoms. The predicted octanol–water partition coefficient (Wildman–Crippen LogP) is -0.105. The van der Waals surface area contributed by atoms with Crippen LogP contribution in [0.1, 0.15) is 13.3 Å². The summed E-state index contributed by atoms with van der Waals surface area (Å²) in [4.78, 5) is 4.33. The molecule has 0 aliphatic rings. The van der Waals surface area contributed by atoms with Gasteiger partial charge in [0, 0.05) is 12.5 Å². The van der Waals surface area contributed by atoms with Gasteiger partial charge in [-0.05, 0) is 6.42 Å². The van der Waals surface area contributed by atoms with E-state index in [1.165, 1.54) is 0 Å². The third-order valence-electron chi connectivity index (χ3n) is 1.17. The molecule has 0 rings (SSSR count). The third-order valence-corrected chi connectivity index (χ3v) is 1.17. The molecule has 3 nitrogen and oxygen atoms in total. The first-order valence-corrected chi connectivity index (χ1v) is 2.77. The molecule has 0 saturated heterocycles. The van der Waals surface area contributed by atoms with Gasteiger partial charge in [0.15, 0.2) is 0 Å². The Labute approximate surface area is 49.4 Å². The SMILES string of the molecule is CCC(CO)CON. The van der Waals surface area contributed by atoms with Crippen LogP contribution in [0.2, 0.25) is 0 Å². The molecule has 50 valence electrons. The van der Waals surface area contributed by atoms with Crippen molar-refractivity contribution in [2.75, 3.05) is 13.2 Å². The van der Waals surface area contributed by atoms with Crippen LogP contribution in [0.4, 0.5) is 0 Å². The van der Waals surface area contributed by atoms with Crippen LogP contribution in [0.15, 0.2) is 0 Å². The molecule has 1 unspecified atom stereocenters. The molecule has 0 aromatic heterocycles. The van der Waals surface area contributed by atoms with Gasteiger partial charge < -0.3 is 9.94 Å². The van der Waals surface area contributed by atoms with E-state index in [1.54, 1.807) is 0 Å². The van der Waals surface area contributed by atoms with E-state index in [9.17, 15) is 0 Å². The summed E-state index contributed by atoms with van der Waals surface area (Å²) in [6.07, 6.45) is 0.910.